The van der Waals surface area contributed by atoms with Crippen molar-refractivity contribution in [3.8, 4) is 0 Å². The summed E-state index contributed by atoms with van der Waals surface area (Å²) in [5.41, 5.74) is 6.45. The van der Waals surface area contributed by atoms with Crippen LogP contribution in [0, 0.1) is 6.92 Å². The number of rotatable bonds is 5. The molecule has 0 aliphatic rings. The highest BCUT2D eigenvalue weighted by Gasteiger charge is 1.83. The number of nitrogens with two attached hydrogens (primary N) is 1. The molecule has 0 aliphatic carbocycles. The number of hydrogen-bond acceptors (Lipinski definition) is 2. The number of aryl methyl sites for hydroxylation is 1. The Morgan fingerprint density at radius 1 is 1.00 bits per heavy atom. The van der Waals surface area contributed by atoms with Crippen LogP contribution in [0.25, 0.3) is 0 Å². The van der Waals surface area contributed by atoms with Crippen molar-refractivity contribution < 1.29 is 0 Å². The van der Waals surface area contributed by atoms with Crippen molar-refractivity contribution >= 4 is 5.82 Å². The fourth-order valence-electron chi connectivity index (χ4n) is 1.33. The largest absolute Gasteiger partial charge is 0.384 e. The second kappa shape index (κ2) is 10.5. The SMILES string of the molecule is CCCCCCCC.Cc1ccc(N)nc1. The Morgan fingerprint density at radius 3 is 1.88 bits per heavy atom. The van der Waals surface area contributed by atoms with E-state index in [4.69, 9.17) is 5.73 Å². The molecule has 2 nitrogen and oxygen atoms in total. The van der Waals surface area contributed by atoms with Crippen LogP contribution in [0.5, 0.6) is 0 Å². The Labute approximate surface area is 100 Å². The molecule has 1 rings (SSSR count). The lowest BCUT2D eigenvalue weighted by molar-refractivity contribution is 0.624. The molecule has 0 saturated carbocycles. The van der Waals surface area contributed by atoms with Crippen molar-refractivity contribution in [1.82, 2.24) is 4.98 Å². The van der Waals surface area contributed by atoms with Crippen molar-refractivity contribution in [3.63, 3.8) is 0 Å². The van der Waals surface area contributed by atoms with Crippen molar-refractivity contribution in [2.75, 3.05) is 5.73 Å². The second-order valence-corrected chi connectivity index (χ2v) is 4.17. The van der Waals surface area contributed by atoms with Crippen LogP contribution in [0.15, 0.2) is 18.3 Å². The third kappa shape index (κ3) is 9.50. The summed E-state index contributed by atoms with van der Waals surface area (Å²) in [6, 6.07) is 3.72. The molecule has 0 spiro atoms. The second-order valence-electron chi connectivity index (χ2n) is 4.17. The molecule has 0 amide bonds. The first kappa shape index (κ1) is 14.9. The molecule has 92 valence electrons. The summed E-state index contributed by atoms with van der Waals surface area (Å²) in [5, 5.41) is 0. The molecule has 0 unspecified atom stereocenters. The maximum Gasteiger partial charge on any atom is 0.123 e. The Hall–Kier alpha value is -1.05. The van der Waals surface area contributed by atoms with Crippen LogP contribution in [0.2, 0.25) is 0 Å². The Balaban J connectivity index is 0.000000281. The van der Waals surface area contributed by atoms with E-state index in [-0.39, 0.29) is 0 Å². The summed E-state index contributed by atoms with van der Waals surface area (Å²) in [5.74, 6) is 0.579. The minimum atomic E-state index is 0.579. The van der Waals surface area contributed by atoms with Crippen LogP contribution in [0.3, 0.4) is 0 Å². The quantitative estimate of drug-likeness (QED) is 0.753. The molecule has 0 fully saturated rings. The van der Waals surface area contributed by atoms with Crippen LogP contribution in [0.1, 0.15) is 57.9 Å². The average Bonchev–Trinajstić information content (AvgIpc) is 2.30. The molecule has 1 aromatic rings. The highest BCUT2D eigenvalue weighted by Crippen LogP contribution is 2.03. The van der Waals surface area contributed by atoms with E-state index in [9.17, 15) is 0 Å². The molecule has 0 aromatic carbocycles. The third-order valence-electron chi connectivity index (χ3n) is 2.39. The number of nitrogen functional groups attached to an aromatic ring is 1. The van der Waals surface area contributed by atoms with Gasteiger partial charge in [-0.05, 0) is 18.6 Å². The number of hydrogen-bond donors (Lipinski definition) is 1. The zero-order chi connectivity index (χ0) is 12.2. The molecule has 0 bridgehead atoms. The average molecular weight is 222 g/mol. The van der Waals surface area contributed by atoms with Crippen LogP contribution in [-0.2, 0) is 0 Å². The smallest absolute Gasteiger partial charge is 0.123 e. The summed E-state index contributed by atoms with van der Waals surface area (Å²) in [6.45, 7) is 6.49. The molecule has 1 aromatic heterocycles. The van der Waals surface area contributed by atoms with Gasteiger partial charge in [-0.3, -0.25) is 0 Å². The van der Waals surface area contributed by atoms with E-state index in [0.717, 1.165) is 5.56 Å². The van der Waals surface area contributed by atoms with E-state index in [1.807, 2.05) is 13.0 Å². The van der Waals surface area contributed by atoms with E-state index in [2.05, 4.69) is 18.8 Å². The first-order valence-electron chi connectivity index (χ1n) is 6.38. The lowest BCUT2D eigenvalue weighted by atomic mass is 10.1. The van der Waals surface area contributed by atoms with E-state index >= 15 is 0 Å². The summed E-state index contributed by atoms with van der Waals surface area (Å²) in [4.78, 5) is 3.86. The van der Waals surface area contributed by atoms with E-state index in [0.29, 0.717) is 5.82 Å². The maximum atomic E-state index is 5.32. The number of anilines is 1. The van der Waals surface area contributed by atoms with E-state index < -0.39 is 0 Å². The summed E-state index contributed by atoms with van der Waals surface area (Å²) >= 11 is 0. The van der Waals surface area contributed by atoms with Crippen LogP contribution in [-0.4, -0.2) is 4.98 Å². The van der Waals surface area contributed by atoms with Gasteiger partial charge in [0.15, 0.2) is 0 Å². The zero-order valence-electron chi connectivity index (χ0n) is 11.0. The molecule has 0 saturated heterocycles. The van der Waals surface area contributed by atoms with Crippen molar-refractivity contribution in [2.24, 2.45) is 0 Å². The lowest BCUT2D eigenvalue weighted by Gasteiger charge is -1.93. The first-order chi connectivity index (χ1) is 7.70. The number of aromatic nitrogens is 1. The van der Waals surface area contributed by atoms with Crippen molar-refractivity contribution in [1.29, 1.82) is 0 Å². The predicted octanol–water partition coefficient (Wildman–Crippen LogP) is 4.34. The highest BCUT2D eigenvalue weighted by atomic mass is 14.8. The number of nitrogens with zero attached hydrogens (tertiary/aromatic N) is 1. The minimum absolute atomic E-state index is 0.579. The molecule has 0 aliphatic heterocycles. The zero-order valence-corrected chi connectivity index (χ0v) is 11.0. The Kier molecular flexibility index (Phi) is 9.78. The van der Waals surface area contributed by atoms with Crippen LogP contribution >= 0.6 is 0 Å². The minimum Gasteiger partial charge on any atom is -0.384 e. The standard InChI is InChI=1S/C8H18.C6H8N2/c1-3-5-7-8-6-4-2;1-5-2-3-6(7)8-4-5/h3-8H2,1-2H3;2-4H,1H3,(H2,7,8). The first-order valence-corrected chi connectivity index (χ1v) is 6.38. The number of pyridine rings is 1. The van der Waals surface area contributed by atoms with Crippen LogP contribution in [0.4, 0.5) is 5.82 Å². The normalized spacial score (nSPS) is 9.44. The Bertz CT molecular complexity index is 214. The Morgan fingerprint density at radius 2 is 1.56 bits per heavy atom. The van der Waals surface area contributed by atoms with Crippen LogP contribution < -0.4 is 5.73 Å². The van der Waals surface area contributed by atoms with Gasteiger partial charge in [0.2, 0.25) is 0 Å². The third-order valence-corrected chi connectivity index (χ3v) is 2.39. The highest BCUT2D eigenvalue weighted by molar-refractivity contribution is 5.28. The maximum absolute atomic E-state index is 5.32. The fraction of sp³-hybridized carbons (Fsp3) is 0.643. The lowest BCUT2D eigenvalue weighted by Crippen LogP contribution is -1.87. The molecule has 0 radical (unpaired) electrons. The number of unbranched alkanes of at least 4 members (excludes halogenated alkanes) is 5. The fourth-order valence-corrected chi connectivity index (χ4v) is 1.33. The summed E-state index contributed by atoms with van der Waals surface area (Å²) in [7, 11) is 0. The van der Waals surface area contributed by atoms with Crippen molar-refractivity contribution in [3.05, 3.63) is 23.9 Å². The monoisotopic (exact) mass is 222 g/mol. The van der Waals surface area contributed by atoms with E-state index in [1.165, 1.54) is 38.5 Å². The molecular formula is C14H26N2. The van der Waals surface area contributed by atoms with Gasteiger partial charge in [-0.1, -0.05) is 58.4 Å². The molecule has 16 heavy (non-hydrogen) atoms. The summed E-state index contributed by atoms with van der Waals surface area (Å²) < 4.78 is 0. The van der Waals surface area contributed by atoms with Gasteiger partial charge in [0, 0.05) is 6.20 Å². The van der Waals surface area contributed by atoms with Gasteiger partial charge >= 0.3 is 0 Å². The van der Waals surface area contributed by atoms with Gasteiger partial charge in [-0.2, -0.15) is 0 Å². The molecule has 2 heteroatoms. The predicted molar refractivity (Wildman–Crippen MR) is 72.4 cm³/mol. The van der Waals surface area contributed by atoms with Crippen molar-refractivity contribution in [2.45, 2.75) is 59.3 Å². The topological polar surface area (TPSA) is 38.9 Å². The van der Waals surface area contributed by atoms with Gasteiger partial charge in [-0.15, -0.1) is 0 Å². The van der Waals surface area contributed by atoms with Gasteiger partial charge < -0.3 is 5.73 Å². The summed E-state index contributed by atoms with van der Waals surface area (Å²) in [6.07, 6.45) is 10.2. The molecular weight excluding hydrogens is 196 g/mol. The van der Waals surface area contributed by atoms with E-state index in [1.54, 1.807) is 12.3 Å². The molecule has 0 atom stereocenters. The van der Waals surface area contributed by atoms with Gasteiger partial charge in [-0.25, -0.2) is 4.98 Å². The molecule has 1 heterocycles. The molecule has 2 N–H and O–H groups in total. The van der Waals surface area contributed by atoms with Gasteiger partial charge in [0.05, 0.1) is 0 Å². The van der Waals surface area contributed by atoms with Gasteiger partial charge in [0.25, 0.3) is 0 Å². The van der Waals surface area contributed by atoms with Gasteiger partial charge in [0.1, 0.15) is 5.82 Å².